The van der Waals surface area contributed by atoms with Crippen LogP contribution in [0.1, 0.15) is 5.69 Å². The average Bonchev–Trinajstić information content (AvgIpc) is 2.15. The fourth-order valence-corrected chi connectivity index (χ4v) is 0.662. The number of nitriles is 1. The molecule has 5 heteroatoms. The zero-order chi connectivity index (χ0) is 8.81. The Morgan fingerprint density at radius 3 is 3.00 bits per heavy atom. The molecule has 60 valence electrons. The second-order valence-corrected chi connectivity index (χ2v) is 1.81. The lowest BCUT2D eigenvalue weighted by Crippen LogP contribution is -2.05. The fraction of sp³-hybridized carbons (Fsp3) is 0.143. The molecule has 0 aliphatic rings. The molecule has 0 fully saturated rings. The number of ether oxygens (including phenoxy) is 1. The highest BCUT2D eigenvalue weighted by molar-refractivity contribution is 5.92. The van der Waals surface area contributed by atoms with Gasteiger partial charge in [0, 0.05) is 12.4 Å². The summed E-state index contributed by atoms with van der Waals surface area (Å²) >= 11 is 0. The first-order valence-corrected chi connectivity index (χ1v) is 3.15. The van der Waals surface area contributed by atoms with Gasteiger partial charge in [-0.25, -0.2) is 4.98 Å². The summed E-state index contributed by atoms with van der Waals surface area (Å²) in [5.41, 5.74) is 0.446. The predicted molar refractivity (Wildman–Crippen MR) is 41.2 cm³/mol. The lowest BCUT2D eigenvalue weighted by atomic mass is 10.4. The highest BCUT2D eigenvalue weighted by Crippen LogP contribution is 1.94. The molecule has 12 heavy (non-hydrogen) atoms. The Labute approximate surface area is 69.4 Å². The van der Waals surface area contributed by atoms with E-state index in [9.17, 15) is 0 Å². The molecule has 0 aliphatic carbocycles. The van der Waals surface area contributed by atoms with Gasteiger partial charge in [0.15, 0.2) is 0 Å². The summed E-state index contributed by atoms with van der Waals surface area (Å²) in [5, 5.41) is 8.26. The molecule has 0 bridgehead atoms. The van der Waals surface area contributed by atoms with Crippen molar-refractivity contribution in [1.82, 2.24) is 9.97 Å². The van der Waals surface area contributed by atoms with E-state index < -0.39 is 0 Å². The molecule has 0 N–H and O–H groups in total. The van der Waals surface area contributed by atoms with Gasteiger partial charge in [-0.15, -0.1) is 4.99 Å². The second kappa shape index (κ2) is 4.03. The summed E-state index contributed by atoms with van der Waals surface area (Å²) in [6.45, 7) is 0. The third-order valence-electron chi connectivity index (χ3n) is 1.13. The quantitative estimate of drug-likeness (QED) is 0.339. The van der Waals surface area contributed by atoms with Gasteiger partial charge in [-0.1, -0.05) is 0 Å². The van der Waals surface area contributed by atoms with E-state index in [4.69, 9.17) is 10.00 Å². The summed E-state index contributed by atoms with van der Waals surface area (Å²) in [7, 11) is 1.42. The van der Waals surface area contributed by atoms with Crippen molar-refractivity contribution in [2.24, 2.45) is 4.99 Å². The van der Waals surface area contributed by atoms with Crippen LogP contribution in [0.5, 0.6) is 0 Å². The lowest BCUT2D eigenvalue weighted by Gasteiger charge is -1.98. The summed E-state index contributed by atoms with van der Waals surface area (Å²) in [4.78, 5) is 11.1. The minimum atomic E-state index is 0.172. The van der Waals surface area contributed by atoms with Gasteiger partial charge in [-0.05, 0) is 0 Å². The summed E-state index contributed by atoms with van der Waals surface area (Å²) in [6, 6.07) is 0. The van der Waals surface area contributed by atoms with Gasteiger partial charge in [0.2, 0.25) is 6.19 Å². The van der Waals surface area contributed by atoms with Gasteiger partial charge in [0.25, 0.3) is 5.90 Å². The van der Waals surface area contributed by atoms with Crippen LogP contribution in [0.4, 0.5) is 0 Å². The van der Waals surface area contributed by atoms with Crippen LogP contribution in [0.25, 0.3) is 0 Å². The maximum absolute atomic E-state index is 8.26. The molecule has 1 aromatic heterocycles. The molecule has 0 amide bonds. The first-order chi connectivity index (χ1) is 5.88. The Kier molecular flexibility index (Phi) is 2.73. The van der Waals surface area contributed by atoms with Crippen molar-refractivity contribution in [2.75, 3.05) is 7.11 Å². The predicted octanol–water partition coefficient (Wildman–Crippen LogP) is 0.351. The van der Waals surface area contributed by atoms with Crippen LogP contribution in [-0.4, -0.2) is 23.0 Å². The maximum Gasteiger partial charge on any atom is 0.251 e. The molecule has 0 radical (unpaired) electrons. The first kappa shape index (κ1) is 8.14. The molecular weight excluding hydrogens is 156 g/mol. The molecule has 0 unspecified atom stereocenters. The number of rotatable bonds is 1. The van der Waals surface area contributed by atoms with Gasteiger partial charge in [0.05, 0.1) is 13.3 Å². The zero-order valence-corrected chi connectivity index (χ0v) is 6.43. The van der Waals surface area contributed by atoms with Crippen LogP contribution in [0.15, 0.2) is 23.6 Å². The van der Waals surface area contributed by atoms with Crippen molar-refractivity contribution in [3.05, 3.63) is 24.3 Å². The highest BCUT2D eigenvalue weighted by atomic mass is 16.5. The molecule has 0 aromatic carbocycles. The first-order valence-electron chi connectivity index (χ1n) is 3.15. The van der Waals surface area contributed by atoms with Crippen molar-refractivity contribution < 1.29 is 4.74 Å². The summed E-state index contributed by atoms with van der Waals surface area (Å²) in [5.74, 6) is 0.172. The molecule has 1 aromatic rings. The maximum atomic E-state index is 8.26. The number of nitrogens with zero attached hydrogens (tertiary/aromatic N) is 4. The van der Waals surface area contributed by atoms with Crippen molar-refractivity contribution in [1.29, 1.82) is 5.26 Å². The van der Waals surface area contributed by atoms with Crippen LogP contribution in [-0.2, 0) is 4.74 Å². The zero-order valence-electron chi connectivity index (χ0n) is 6.43. The molecule has 0 spiro atoms. The van der Waals surface area contributed by atoms with Crippen molar-refractivity contribution in [2.45, 2.75) is 0 Å². The SMILES string of the molecule is COC(=NC#N)c1cnccn1. The van der Waals surface area contributed by atoms with E-state index >= 15 is 0 Å². The van der Waals surface area contributed by atoms with E-state index in [-0.39, 0.29) is 5.90 Å². The molecule has 0 saturated carbocycles. The Balaban J connectivity index is 2.98. The van der Waals surface area contributed by atoms with E-state index in [1.807, 2.05) is 0 Å². The van der Waals surface area contributed by atoms with E-state index in [1.54, 1.807) is 6.19 Å². The lowest BCUT2D eigenvalue weighted by molar-refractivity contribution is 0.403. The van der Waals surface area contributed by atoms with Gasteiger partial charge in [0.1, 0.15) is 5.69 Å². The molecule has 0 aliphatic heterocycles. The molecule has 0 saturated heterocycles. The minimum absolute atomic E-state index is 0.172. The van der Waals surface area contributed by atoms with E-state index in [0.29, 0.717) is 5.69 Å². The molecule has 1 heterocycles. The number of hydrogen-bond acceptors (Lipinski definition) is 5. The largest absolute Gasteiger partial charge is 0.479 e. The Morgan fingerprint density at radius 2 is 2.50 bits per heavy atom. The topological polar surface area (TPSA) is 71.2 Å². The van der Waals surface area contributed by atoms with Crippen LogP contribution in [0.2, 0.25) is 0 Å². The van der Waals surface area contributed by atoms with Crippen molar-refractivity contribution in [3.8, 4) is 6.19 Å². The number of aliphatic imine (C=N–C) groups is 1. The van der Waals surface area contributed by atoms with Crippen LogP contribution < -0.4 is 0 Å². The van der Waals surface area contributed by atoms with Crippen LogP contribution >= 0.6 is 0 Å². The number of aromatic nitrogens is 2. The Bertz CT molecular complexity index is 314. The van der Waals surface area contributed by atoms with E-state index in [2.05, 4.69) is 15.0 Å². The average molecular weight is 162 g/mol. The second-order valence-electron chi connectivity index (χ2n) is 1.81. The van der Waals surface area contributed by atoms with Gasteiger partial charge < -0.3 is 4.74 Å². The monoisotopic (exact) mass is 162 g/mol. The van der Waals surface area contributed by atoms with Gasteiger partial charge in [-0.3, -0.25) is 4.98 Å². The van der Waals surface area contributed by atoms with Crippen molar-refractivity contribution in [3.63, 3.8) is 0 Å². The highest BCUT2D eigenvalue weighted by Gasteiger charge is 2.02. The van der Waals surface area contributed by atoms with Crippen molar-refractivity contribution >= 4 is 5.90 Å². The third-order valence-corrected chi connectivity index (χ3v) is 1.13. The Morgan fingerprint density at radius 1 is 1.67 bits per heavy atom. The molecule has 5 nitrogen and oxygen atoms in total. The smallest absolute Gasteiger partial charge is 0.251 e. The van der Waals surface area contributed by atoms with Crippen LogP contribution in [0.3, 0.4) is 0 Å². The minimum Gasteiger partial charge on any atom is -0.479 e. The third kappa shape index (κ3) is 1.76. The molecular formula is C7H6N4O. The van der Waals surface area contributed by atoms with E-state index in [0.717, 1.165) is 0 Å². The number of methoxy groups -OCH3 is 1. The van der Waals surface area contributed by atoms with Crippen LogP contribution in [0, 0.1) is 11.5 Å². The Hall–Kier alpha value is -1.96. The molecule has 0 atom stereocenters. The standard InChI is InChI=1S/C7H6N4O/c1-12-7(11-5-8)6-4-9-2-3-10-6/h2-4H,1H3. The summed E-state index contributed by atoms with van der Waals surface area (Å²) in [6.07, 6.45) is 6.12. The van der Waals surface area contributed by atoms with Gasteiger partial charge in [-0.2, -0.15) is 5.26 Å². The van der Waals surface area contributed by atoms with Gasteiger partial charge >= 0.3 is 0 Å². The normalized spacial score (nSPS) is 10.5. The van der Waals surface area contributed by atoms with E-state index in [1.165, 1.54) is 25.7 Å². The molecule has 1 rings (SSSR count). The fourth-order valence-electron chi connectivity index (χ4n) is 0.662. The summed E-state index contributed by atoms with van der Waals surface area (Å²) < 4.78 is 4.80. The number of hydrogen-bond donors (Lipinski definition) is 0.